The second kappa shape index (κ2) is 5.36. The Bertz CT molecular complexity index is 932. The molecule has 3 rings (SSSR count). The molecule has 0 saturated heterocycles. The van der Waals surface area contributed by atoms with Gasteiger partial charge in [0.05, 0.1) is 12.1 Å². The molecule has 0 bridgehead atoms. The summed E-state index contributed by atoms with van der Waals surface area (Å²) in [5.74, 6) is 0.357. The highest BCUT2D eigenvalue weighted by molar-refractivity contribution is 5.90. The van der Waals surface area contributed by atoms with Crippen LogP contribution in [0.15, 0.2) is 12.4 Å². The van der Waals surface area contributed by atoms with Gasteiger partial charge in [0.1, 0.15) is 12.0 Å². The normalized spacial score (nSPS) is 12.3. The van der Waals surface area contributed by atoms with Gasteiger partial charge in [-0.05, 0) is 56.0 Å². The molecule has 0 aliphatic heterocycles. The molecule has 1 aromatic carbocycles. The minimum Gasteiger partial charge on any atom is -0.329 e. The van der Waals surface area contributed by atoms with Gasteiger partial charge in [-0.2, -0.15) is 18.3 Å². The van der Waals surface area contributed by atoms with Gasteiger partial charge in [-0.3, -0.25) is 4.68 Å². The number of rotatable bonds is 2. The molecule has 0 amide bonds. The summed E-state index contributed by atoms with van der Waals surface area (Å²) in [5, 5.41) is 4.76. The first-order chi connectivity index (χ1) is 11.1. The van der Waals surface area contributed by atoms with Crippen LogP contribution in [-0.4, -0.2) is 19.3 Å². The smallest absolute Gasteiger partial charge is 0.329 e. The molecule has 0 fully saturated rings. The Morgan fingerprint density at radius 3 is 2.17 bits per heavy atom. The van der Waals surface area contributed by atoms with Crippen LogP contribution in [-0.2, 0) is 19.8 Å². The van der Waals surface area contributed by atoms with Crippen molar-refractivity contribution in [3.63, 3.8) is 0 Å². The molecule has 0 atom stereocenters. The largest absolute Gasteiger partial charge is 0.431 e. The second-order valence-corrected chi connectivity index (χ2v) is 6.21. The molecule has 0 aliphatic rings. The van der Waals surface area contributed by atoms with Crippen LogP contribution in [0.4, 0.5) is 13.2 Å². The van der Waals surface area contributed by atoms with Gasteiger partial charge in [0, 0.05) is 12.4 Å². The van der Waals surface area contributed by atoms with Crippen LogP contribution in [0.3, 0.4) is 0 Å². The van der Waals surface area contributed by atoms with Crippen LogP contribution in [0.2, 0.25) is 0 Å². The molecule has 0 aliphatic carbocycles. The maximum Gasteiger partial charge on any atom is 0.431 e. The molecule has 3 aromatic rings. The van der Waals surface area contributed by atoms with Crippen molar-refractivity contribution in [1.29, 1.82) is 0 Å². The van der Waals surface area contributed by atoms with E-state index >= 15 is 0 Å². The highest BCUT2D eigenvalue weighted by atomic mass is 19.4. The maximum absolute atomic E-state index is 13.6. The van der Waals surface area contributed by atoms with Gasteiger partial charge in [-0.1, -0.05) is 0 Å². The summed E-state index contributed by atoms with van der Waals surface area (Å²) in [5.41, 5.74) is 3.73. The van der Waals surface area contributed by atoms with Gasteiger partial charge in [0.15, 0.2) is 5.82 Å². The number of hydrogen-bond acceptors (Lipinski definition) is 2. The highest BCUT2D eigenvalue weighted by Gasteiger charge is 2.36. The first-order valence-corrected chi connectivity index (χ1v) is 7.62. The van der Waals surface area contributed by atoms with Crippen LogP contribution < -0.4 is 0 Å². The topological polar surface area (TPSA) is 35.6 Å². The van der Waals surface area contributed by atoms with Crippen molar-refractivity contribution in [1.82, 2.24) is 19.3 Å². The molecule has 0 N–H and O–H groups in total. The van der Waals surface area contributed by atoms with Crippen LogP contribution >= 0.6 is 0 Å². The maximum atomic E-state index is 13.6. The van der Waals surface area contributed by atoms with E-state index in [2.05, 4.69) is 10.1 Å². The number of halogens is 3. The third kappa shape index (κ3) is 2.48. The van der Waals surface area contributed by atoms with E-state index in [1.807, 2.05) is 27.7 Å². The molecule has 0 spiro atoms. The average molecular weight is 336 g/mol. The van der Waals surface area contributed by atoms with E-state index in [-0.39, 0.29) is 6.54 Å². The summed E-state index contributed by atoms with van der Waals surface area (Å²) in [7, 11) is 1.69. The molecule has 24 heavy (non-hydrogen) atoms. The second-order valence-electron chi connectivity index (χ2n) is 6.21. The van der Waals surface area contributed by atoms with E-state index in [4.69, 9.17) is 0 Å². The predicted molar refractivity (Wildman–Crippen MR) is 86.0 cm³/mol. The molecular formula is C17H19F3N4. The van der Waals surface area contributed by atoms with E-state index in [1.165, 1.54) is 21.6 Å². The fraction of sp³-hybridized carbons (Fsp3) is 0.412. The Morgan fingerprint density at radius 1 is 1.00 bits per heavy atom. The molecule has 128 valence electrons. The first kappa shape index (κ1) is 16.5. The van der Waals surface area contributed by atoms with Crippen LogP contribution in [0.1, 0.15) is 33.8 Å². The Balaban J connectivity index is 2.35. The van der Waals surface area contributed by atoms with Gasteiger partial charge >= 0.3 is 6.18 Å². The quantitative estimate of drug-likeness (QED) is 0.707. The summed E-state index contributed by atoms with van der Waals surface area (Å²) in [6.45, 7) is 7.62. The van der Waals surface area contributed by atoms with Gasteiger partial charge in [-0.25, -0.2) is 4.98 Å². The zero-order valence-electron chi connectivity index (χ0n) is 14.3. The SMILES string of the molecule is Cc1c(C)c(C)c2c(cc(C(F)(F)F)n2Cc2ncn(C)n2)c1C. The molecular weight excluding hydrogens is 317 g/mol. The summed E-state index contributed by atoms with van der Waals surface area (Å²) < 4.78 is 43.6. The first-order valence-electron chi connectivity index (χ1n) is 7.62. The van der Waals surface area contributed by atoms with E-state index in [0.717, 1.165) is 22.3 Å². The number of alkyl halides is 3. The third-order valence-corrected chi connectivity index (χ3v) is 4.78. The minimum atomic E-state index is -4.44. The predicted octanol–water partition coefficient (Wildman–Crippen LogP) is 4.07. The fourth-order valence-corrected chi connectivity index (χ4v) is 3.18. The number of fused-ring (bicyclic) bond motifs is 1. The summed E-state index contributed by atoms with van der Waals surface area (Å²) >= 11 is 0. The number of nitrogens with zero attached hydrogens (tertiary/aromatic N) is 4. The summed E-state index contributed by atoms with van der Waals surface area (Å²) in [6.07, 6.45) is -2.95. The van der Waals surface area contributed by atoms with Crippen molar-refractivity contribution in [3.8, 4) is 0 Å². The van der Waals surface area contributed by atoms with Crippen molar-refractivity contribution in [2.75, 3.05) is 0 Å². The van der Waals surface area contributed by atoms with Crippen molar-refractivity contribution in [2.24, 2.45) is 7.05 Å². The molecule has 2 aromatic heterocycles. The van der Waals surface area contributed by atoms with Crippen LogP contribution in [0.5, 0.6) is 0 Å². The van der Waals surface area contributed by atoms with Crippen LogP contribution in [0, 0.1) is 27.7 Å². The van der Waals surface area contributed by atoms with E-state index < -0.39 is 11.9 Å². The highest BCUT2D eigenvalue weighted by Crippen LogP contribution is 2.38. The molecule has 2 heterocycles. The summed E-state index contributed by atoms with van der Waals surface area (Å²) in [4.78, 5) is 4.08. The van der Waals surface area contributed by atoms with Crippen LogP contribution in [0.25, 0.3) is 10.9 Å². The van der Waals surface area contributed by atoms with Crippen molar-refractivity contribution in [2.45, 2.75) is 40.4 Å². The van der Waals surface area contributed by atoms with Gasteiger partial charge < -0.3 is 4.57 Å². The Morgan fingerprint density at radius 2 is 1.62 bits per heavy atom. The van der Waals surface area contributed by atoms with Crippen molar-refractivity contribution >= 4 is 10.9 Å². The Kier molecular flexibility index (Phi) is 3.69. The number of hydrogen-bond donors (Lipinski definition) is 0. The average Bonchev–Trinajstić information content (AvgIpc) is 3.07. The number of aryl methyl sites for hydroxylation is 3. The molecule has 7 heteroatoms. The zero-order valence-corrected chi connectivity index (χ0v) is 14.3. The number of benzene rings is 1. The van der Waals surface area contributed by atoms with Gasteiger partial charge in [-0.15, -0.1) is 0 Å². The molecule has 0 unspecified atom stereocenters. The van der Waals surface area contributed by atoms with Crippen molar-refractivity contribution < 1.29 is 13.2 Å². The third-order valence-electron chi connectivity index (χ3n) is 4.78. The minimum absolute atomic E-state index is 0.0119. The lowest BCUT2D eigenvalue weighted by Gasteiger charge is -2.15. The fourth-order valence-electron chi connectivity index (χ4n) is 3.18. The Hall–Kier alpha value is -2.31. The Labute approximate surface area is 137 Å². The molecule has 0 radical (unpaired) electrons. The standard InChI is InChI=1S/C17H19F3N4/c1-9-10(2)12(4)16-13(11(9)3)6-14(17(18,19)20)24(16)7-15-21-8-23(5)22-15/h6,8H,7H2,1-5H3. The van der Waals surface area contributed by atoms with E-state index in [0.29, 0.717) is 16.7 Å². The molecule has 4 nitrogen and oxygen atoms in total. The van der Waals surface area contributed by atoms with Crippen molar-refractivity contribution in [3.05, 3.63) is 46.2 Å². The van der Waals surface area contributed by atoms with Gasteiger partial charge in [0.25, 0.3) is 0 Å². The lowest BCUT2D eigenvalue weighted by molar-refractivity contribution is -0.143. The lowest BCUT2D eigenvalue weighted by Crippen LogP contribution is -2.15. The van der Waals surface area contributed by atoms with E-state index in [1.54, 1.807) is 7.05 Å². The molecule has 0 saturated carbocycles. The summed E-state index contributed by atoms with van der Waals surface area (Å²) in [6, 6.07) is 1.24. The zero-order chi connectivity index (χ0) is 17.8. The van der Waals surface area contributed by atoms with E-state index in [9.17, 15) is 13.2 Å². The monoisotopic (exact) mass is 336 g/mol. The number of aromatic nitrogens is 4. The lowest BCUT2D eigenvalue weighted by atomic mass is 9.95. The van der Waals surface area contributed by atoms with Gasteiger partial charge in [0.2, 0.25) is 0 Å².